The molecule has 152 valence electrons. The smallest absolute Gasteiger partial charge is 0.253 e. The van der Waals surface area contributed by atoms with Crippen LogP contribution in [0.15, 0.2) is 59.4 Å². The Kier molecular flexibility index (Phi) is 6.85. The maximum atomic E-state index is 12.7. The highest BCUT2D eigenvalue weighted by Gasteiger charge is 2.15. The van der Waals surface area contributed by atoms with Gasteiger partial charge in [-0.1, -0.05) is 18.2 Å². The number of rotatable bonds is 7. The van der Waals surface area contributed by atoms with Gasteiger partial charge in [-0.3, -0.25) is 4.79 Å². The molecular formula is C22H27N4O2S+. The second-order valence-corrected chi connectivity index (χ2v) is 7.64. The Balaban J connectivity index is 1.85. The van der Waals surface area contributed by atoms with Gasteiger partial charge in [0.05, 0.1) is 46.4 Å². The number of H-pyrrole nitrogens is 1. The number of hydrogen-bond donors (Lipinski definition) is 3. The summed E-state index contributed by atoms with van der Waals surface area (Å²) in [4.78, 5) is 19.0. The molecule has 0 saturated carbocycles. The minimum Gasteiger partial charge on any atom is -0.497 e. The number of thiocarbonyl (C=S) groups is 1. The van der Waals surface area contributed by atoms with Crippen molar-refractivity contribution in [3.05, 3.63) is 70.5 Å². The maximum Gasteiger partial charge on any atom is 0.253 e. The Morgan fingerprint density at radius 3 is 2.62 bits per heavy atom. The van der Waals surface area contributed by atoms with Gasteiger partial charge in [0.15, 0.2) is 5.11 Å². The summed E-state index contributed by atoms with van der Waals surface area (Å²) >= 11 is 5.66. The number of benzene rings is 2. The van der Waals surface area contributed by atoms with Crippen molar-refractivity contribution in [1.82, 2.24) is 9.88 Å². The lowest BCUT2D eigenvalue weighted by molar-refractivity contribution is -0.857. The van der Waals surface area contributed by atoms with E-state index < -0.39 is 0 Å². The first kappa shape index (κ1) is 20.8. The highest BCUT2D eigenvalue weighted by atomic mass is 32.1. The van der Waals surface area contributed by atoms with E-state index in [-0.39, 0.29) is 5.56 Å². The fraction of sp³-hybridized carbons (Fsp3) is 0.273. The molecule has 6 nitrogen and oxygen atoms in total. The molecule has 7 heteroatoms. The molecule has 2 aromatic carbocycles. The molecular weight excluding hydrogens is 384 g/mol. The van der Waals surface area contributed by atoms with Crippen molar-refractivity contribution in [3.63, 3.8) is 0 Å². The molecule has 3 rings (SSSR count). The fourth-order valence-electron chi connectivity index (χ4n) is 3.01. The number of aromatic amines is 1. The standard InChI is InChI=1S/C22H26N4O2S/c1-25(2)11-12-26(22(29)23-18-7-5-4-6-8-18)15-17-13-16-9-10-19(28-3)14-20(16)24-21(17)27/h4-10,13-14H,11-12,15H2,1-3H3,(H,23,29)(H,24,27)/p+1. The van der Waals surface area contributed by atoms with Crippen LogP contribution >= 0.6 is 12.2 Å². The second kappa shape index (κ2) is 9.54. The number of ether oxygens (including phenoxy) is 1. The molecule has 0 fully saturated rings. The van der Waals surface area contributed by atoms with Crippen LogP contribution in [0.5, 0.6) is 5.75 Å². The van der Waals surface area contributed by atoms with Gasteiger partial charge in [0, 0.05) is 17.3 Å². The molecule has 1 aromatic heterocycles. The van der Waals surface area contributed by atoms with E-state index in [4.69, 9.17) is 17.0 Å². The fourth-order valence-corrected chi connectivity index (χ4v) is 3.28. The average Bonchev–Trinajstić information content (AvgIpc) is 2.71. The number of para-hydroxylation sites is 1. The van der Waals surface area contributed by atoms with Gasteiger partial charge >= 0.3 is 0 Å². The molecule has 0 unspecified atom stereocenters. The van der Waals surface area contributed by atoms with E-state index in [1.165, 1.54) is 4.90 Å². The Labute approximate surface area is 176 Å². The number of quaternary nitrogens is 1. The van der Waals surface area contributed by atoms with Crippen molar-refractivity contribution in [2.24, 2.45) is 0 Å². The number of anilines is 1. The number of nitrogens with zero attached hydrogens (tertiary/aromatic N) is 1. The second-order valence-electron chi connectivity index (χ2n) is 7.25. The summed E-state index contributed by atoms with van der Waals surface area (Å²) < 4.78 is 5.24. The highest BCUT2D eigenvalue weighted by molar-refractivity contribution is 7.80. The van der Waals surface area contributed by atoms with Crippen molar-refractivity contribution in [1.29, 1.82) is 0 Å². The molecule has 0 aliphatic heterocycles. The van der Waals surface area contributed by atoms with Crippen LogP contribution in [0.25, 0.3) is 10.9 Å². The van der Waals surface area contributed by atoms with Crippen molar-refractivity contribution in [2.45, 2.75) is 6.54 Å². The number of hydrogen-bond acceptors (Lipinski definition) is 3. The Morgan fingerprint density at radius 1 is 1.17 bits per heavy atom. The van der Waals surface area contributed by atoms with Gasteiger partial charge in [0.25, 0.3) is 5.56 Å². The molecule has 29 heavy (non-hydrogen) atoms. The predicted octanol–water partition coefficient (Wildman–Crippen LogP) is 1.88. The third kappa shape index (κ3) is 5.56. The van der Waals surface area contributed by atoms with Crippen molar-refractivity contribution in [3.8, 4) is 5.75 Å². The largest absolute Gasteiger partial charge is 0.497 e. The molecule has 0 aliphatic rings. The molecule has 0 saturated heterocycles. The van der Waals surface area contributed by atoms with Crippen LogP contribution in [-0.2, 0) is 6.54 Å². The molecule has 0 aliphatic carbocycles. The zero-order valence-corrected chi connectivity index (χ0v) is 17.8. The molecule has 0 spiro atoms. The summed E-state index contributed by atoms with van der Waals surface area (Å²) in [7, 11) is 5.81. The quantitative estimate of drug-likeness (QED) is 0.518. The van der Waals surface area contributed by atoms with Crippen LogP contribution in [0.2, 0.25) is 0 Å². The molecule has 3 aromatic rings. The summed E-state index contributed by atoms with van der Waals surface area (Å²) in [5.41, 5.74) is 2.25. The molecule has 0 radical (unpaired) electrons. The molecule has 0 atom stereocenters. The maximum absolute atomic E-state index is 12.7. The SMILES string of the molecule is COc1ccc2cc(CN(CC[NH+](C)C)C(=S)Nc3ccccc3)c(=O)[nH]c2c1. The number of fused-ring (bicyclic) bond motifs is 1. The zero-order valence-electron chi connectivity index (χ0n) is 17.0. The minimum atomic E-state index is -0.115. The van der Waals surface area contributed by atoms with Crippen molar-refractivity contribution >= 4 is 33.9 Å². The third-order valence-electron chi connectivity index (χ3n) is 4.69. The molecule has 1 heterocycles. The van der Waals surface area contributed by atoms with Crippen LogP contribution < -0.4 is 20.5 Å². The average molecular weight is 412 g/mol. The number of methoxy groups -OCH3 is 1. The molecule has 3 N–H and O–H groups in total. The summed E-state index contributed by atoms with van der Waals surface area (Å²) in [5.74, 6) is 0.713. The first-order valence-electron chi connectivity index (χ1n) is 9.56. The Morgan fingerprint density at radius 2 is 1.93 bits per heavy atom. The van der Waals surface area contributed by atoms with Crippen molar-refractivity contribution < 1.29 is 9.64 Å². The van der Waals surface area contributed by atoms with Crippen LogP contribution in [0.4, 0.5) is 5.69 Å². The third-order valence-corrected chi connectivity index (χ3v) is 5.05. The first-order valence-corrected chi connectivity index (χ1v) is 9.97. The lowest BCUT2D eigenvalue weighted by Crippen LogP contribution is -3.06. The van der Waals surface area contributed by atoms with Crippen LogP contribution in [-0.4, -0.2) is 49.3 Å². The van der Waals surface area contributed by atoms with Gasteiger partial charge in [-0.15, -0.1) is 0 Å². The number of nitrogens with one attached hydrogen (secondary N) is 3. The number of aromatic nitrogens is 1. The van der Waals surface area contributed by atoms with E-state index in [1.807, 2.05) is 59.5 Å². The van der Waals surface area contributed by atoms with E-state index in [9.17, 15) is 4.79 Å². The number of pyridine rings is 1. The van der Waals surface area contributed by atoms with Gasteiger partial charge < -0.3 is 24.8 Å². The van der Waals surface area contributed by atoms with E-state index in [2.05, 4.69) is 24.4 Å². The van der Waals surface area contributed by atoms with Gasteiger partial charge in [-0.25, -0.2) is 0 Å². The van der Waals surface area contributed by atoms with Crippen molar-refractivity contribution in [2.75, 3.05) is 39.6 Å². The van der Waals surface area contributed by atoms with Gasteiger partial charge in [0.2, 0.25) is 0 Å². The molecule has 0 amide bonds. The Hall–Kier alpha value is -2.90. The minimum absolute atomic E-state index is 0.115. The van der Waals surface area contributed by atoms with Gasteiger partial charge in [-0.05, 0) is 47.9 Å². The predicted molar refractivity (Wildman–Crippen MR) is 122 cm³/mol. The van der Waals surface area contributed by atoms with Crippen LogP contribution in [0.3, 0.4) is 0 Å². The van der Waals surface area contributed by atoms with E-state index in [0.717, 1.165) is 29.7 Å². The normalized spacial score (nSPS) is 10.9. The van der Waals surface area contributed by atoms with E-state index >= 15 is 0 Å². The summed E-state index contributed by atoms with van der Waals surface area (Å²) in [6.45, 7) is 2.07. The van der Waals surface area contributed by atoms with Crippen LogP contribution in [0.1, 0.15) is 5.56 Å². The van der Waals surface area contributed by atoms with Crippen LogP contribution in [0, 0.1) is 0 Å². The van der Waals surface area contributed by atoms with E-state index in [0.29, 0.717) is 23.0 Å². The van der Waals surface area contributed by atoms with E-state index in [1.54, 1.807) is 7.11 Å². The van der Waals surface area contributed by atoms with Gasteiger partial charge in [0.1, 0.15) is 5.75 Å². The zero-order chi connectivity index (χ0) is 20.8. The highest BCUT2D eigenvalue weighted by Crippen LogP contribution is 2.19. The lowest BCUT2D eigenvalue weighted by Gasteiger charge is -2.26. The topological polar surface area (TPSA) is 61.8 Å². The van der Waals surface area contributed by atoms with Gasteiger partial charge in [-0.2, -0.15) is 0 Å². The summed E-state index contributed by atoms with van der Waals surface area (Å²) in [6.07, 6.45) is 0. The summed E-state index contributed by atoms with van der Waals surface area (Å²) in [5, 5.41) is 4.84. The Bertz CT molecular complexity index is 1030. The monoisotopic (exact) mass is 411 g/mol. The molecule has 0 bridgehead atoms. The lowest BCUT2D eigenvalue weighted by atomic mass is 10.1. The first-order chi connectivity index (χ1) is 14.0. The number of likely N-dealkylation sites (N-methyl/N-ethyl adjacent to an activating group) is 1. The summed E-state index contributed by atoms with van der Waals surface area (Å²) in [6, 6.07) is 17.4.